The molecule has 1 N–H and O–H groups in total. The SMILES string of the molecule is O=[N+]([O-])c1cc(C=Nc2ccc(Cl)cc2)ccc1Sc1n[nH]c(-c2ccccc2)n1. The van der Waals surface area contributed by atoms with Crippen molar-refractivity contribution in [1.82, 2.24) is 15.2 Å². The molecular formula is C21H14ClN5O2S. The molecule has 1 aromatic heterocycles. The molecule has 0 saturated carbocycles. The number of aromatic nitrogens is 3. The van der Waals surface area contributed by atoms with Crippen LogP contribution in [0.3, 0.4) is 0 Å². The summed E-state index contributed by atoms with van der Waals surface area (Å²) >= 11 is 6.99. The van der Waals surface area contributed by atoms with Crippen LogP contribution in [0.5, 0.6) is 0 Å². The van der Waals surface area contributed by atoms with Crippen LogP contribution >= 0.6 is 23.4 Å². The quantitative estimate of drug-likeness (QED) is 0.230. The van der Waals surface area contributed by atoms with Crippen LogP contribution in [0.25, 0.3) is 11.4 Å². The van der Waals surface area contributed by atoms with Gasteiger partial charge in [0.1, 0.15) is 0 Å². The standard InChI is InChI=1S/C21H14ClN5O2S/c22-16-7-9-17(10-8-16)23-13-14-6-11-19(18(12-14)27(28)29)30-21-24-20(25-26-21)15-4-2-1-3-5-15/h1-13H,(H,24,25,26). The summed E-state index contributed by atoms with van der Waals surface area (Å²) < 4.78 is 0. The Hall–Kier alpha value is -3.49. The summed E-state index contributed by atoms with van der Waals surface area (Å²) in [6.45, 7) is 0. The number of H-pyrrole nitrogens is 1. The molecule has 0 spiro atoms. The number of aromatic amines is 1. The zero-order chi connectivity index (χ0) is 20.9. The number of hydrogen-bond acceptors (Lipinski definition) is 6. The van der Waals surface area contributed by atoms with Gasteiger partial charge in [-0.2, -0.15) is 0 Å². The molecule has 3 aromatic carbocycles. The van der Waals surface area contributed by atoms with Crippen molar-refractivity contribution in [2.75, 3.05) is 0 Å². The Kier molecular flexibility index (Phi) is 5.87. The lowest BCUT2D eigenvalue weighted by Gasteiger charge is -2.01. The van der Waals surface area contributed by atoms with E-state index in [1.54, 1.807) is 42.6 Å². The van der Waals surface area contributed by atoms with Gasteiger partial charge in [-0.05, 0) is 47.7 Å². The van der Waals surface area contributed by atoms with Crippen molar-refractivity contribution in [2.24, 2.45) is 4.99 Å². The highest BCUT2D eigenvalue weighted by atomic mass is 35.5. The molecule has 0 atom stereocenters. The van der Waals surface area contributed by atoms with Crippen molar-refractivity contribution >= 4 is 41.0 Å². The summed E-state index contributed by atoms with van der Waals surface area (Å²) in [7, 11) is 0. The van der Waals surface area contributed by atoms with E-state index in [9.17, 15) is 10.1 Å². The Morgan fingerprint density at radius 3 is 2.57 bits per heavy atom. The maximum absolute atomic E-state index is 11.6. The fraction of sp³-hybridized carbons (Fsp3) is 0. The Bertz CT molecular complexity index is 1210. The molecule has 0 amide bonds. The highest BCUT2D eigenvalue weighted by Gasteiger charge is 2.18. The highest BCUT2D eigenvalue weighted by molar-refractivity contribution is 7.99. The number of nitro benzene ring substituents is 1. The monoisotopic (exact) mass is 435 g/mol. The fourth-order valence-electron chi connectivity index (χ4n) is 2.64. The number of nitrogens with one attached hydrogen (secondary N) is 1. The molecule has 30 heavy (non-hydrogen) atoms. The van der Waals surface area contributed by atoms with Crippen LogP contribution in [0.4, 0.5) is 11.4 Å². The van der Waals surface area contributed by atoms with Gasteiger partial charge in [-0.25, -0.2) is 4.98 Å². The number of halogens is 1. The van der Waals surface area contributed by atoms with Gasteiger partial charge in [-0.3, -0.25) is 20.2 Å². The maximum Gasteiger partial charge on any atom is 0.283 e. The summed E-state index contributed by atoms with van der Waals surface area (Å²) in [6, 6.07) is 21.5. The normalized spacial score (nSPS) is 11.1. The molecule has 0 bridgehead atoms. The van der Waals surface area contributed by atoms with Crippen LogP contribution in [-0.2, 0) is 0 Å². The number of rotatable bonds is 6. The Morgan fingerprint density at radius 1 is 1.07 bits per heavy atom. The molecule has 7 nitrogen and oxygen atoms in total. The molecule has 1 heterocycles. The van der Waals surface area contributed by atoms with Crippen molar-refractivity contribution < 1.29 is 4.92 Å². The molecule has 4 rings (SSSR count). The van der Waals surface area contributed by atoms with Crippen LogP contribution in [-0.4, -0.2) is 26.3 Å². The van der Waals surface area contributed by atoms with Gasteiger partial charge in [-0.1, -0.05) is 48.0 Å². The van der Waals surface area contributed by atoms with Gasteiger partial charge in [0.15, 0.2) is 5.82 Å². The van der Waals surface area contributed by atoms with Crippen LogP contribution in [0.15, 0.2) is 87.8 Å². The second-order valence-electron chi connectivity index (χ2n) is 6.15. The van der Waals surface area contributed by atoms with Gasteiger partial charge in [0.05, 0.1) is 15.5 Å². The first-order valence-electron chi connectivity index (χ1n) is 8.82. The third-order valence-electron chi connectivity index (χ3n) is 4.08. The second kappa shape index (κ2) is 8.89. The lowest BCUT2D eigenvalue weighted by molar-refractivity contribution is -0.387. The third kappa shape index (κ3) is 4.73. The van der Waals surface area contributed by atoms with Crippen molar-refractivity contribution in [3.05, 3.63) is 93.5 Å². The summed E-state index contributed by atoms with van der Waals surface area (Å²) in [5.41, 5.74) is 2.17. The minimum absolute atomic E-state index is 0.0360. The minimum Gasteiger partial charge on any atom is -0.258 e. The van der Waals surface area contributed by atoms with Gasteiger partial charge >= 0.3 is 0 Å². The number of nitrogens with zero attached hydrogens (tertiary/aromatic N) is 4. The molecule has 0 aliphatic carbocycles. The van der Waals surface area contributed by atoms with Gasteiger partial charge in [0, 0.05) is 22.9 Å². The maximum atomic E-state index is 11.6. The minimum atomic E-state index is -0.424. The molecule has 0 unspecified atom stereocenters. The summed E-state index contributed by atoms with van der Waals surface area (Å²) in [5.74, 6) is 0.604. The van der Waals surface area contributed by atoms with E-state index in [0.717, 1.165) is 17.3 Å². The number of aliphatic imine (C=N–C) groups is 1. The Morgan fingerprint density at radius 2 is 1.83 bits per heavy atom. The van der Waals surface area contributed by atoms with Gasteiger partial charge in [0.2, 0.25) is 5.16 Å². The van der Waals surface area contributed by atoms with E-state index >= 15 is 0 Å². The topological polar surface area (TPSA) is 97.1 Å². The summed E-state index contributed by atoms with van der Waals surface area (Å²) in [6.07, 6.45) is 1.57. The lowest BCUT2D eigenvalue weighted by atomic mass is 10.2. The number of nitro groups is 1. The smallest absolute Gasteiger partial charge is 0.258 e. The molecule has 0 radical (unpaired) electrons. The zero-order valence-electron chi connectivity index (χ0n) is 15.4. The van der Waals surface area contributed by atoms with E-state index in [-0.39, 0.29) is 5.69 Å². The Balaban J connectivity index is 1.56. The largest absolute Gasteiger partial charge is 0.283 e. The molecule has 4 aromatic rings. The Labute approximate surface area is 181 Å². The molecular weight excluding hydrogens is 422 g/mol. The van der Waals surface area contributed by atoms with Crippen molar-refractivity contribution in [3.63, 3.8) is 0 Å². The highest BCUT2D eigenvalue weighted by Crippen LogP contribution is 2.34. The second-order valence-corrected chi connectivity index (χ2v) is 7.60. The van der Waals surface area contributed by atoms with Gasteiger partial charge in [0.25, 0.3) is 5.69 Å². The van der Waals surface area contributed by atoms with E-state index in [1.807, 2.05) is 30.3 Å². The van der Waals surface area contributed by atoms with E-state index < -0.39 is 4.92 Å². The zero-order valence-corrected chi connectivity index (χ0v) is 17.0. The molecule has 0 aliphatic rings. The van der Waals surface area contributed by atoms with Crippen LogP contribution < -0.4 is 0 Å². The fourth-order valence-corrected chi connectivity index (χ4v) is 3.56. The average Bonchev–Trinajstić information content (AvgIpc) is 3.23. The van der Waals surface area contributed by atoms with E-state index in [0.29, 0.717) is 32.1 Å². The molecule has 9 heteroatoms. The molecule has 0 saturated heterocycles. The summed E-state index contributed by atoms with van der Waals surface area (Å²) in [4.78, 5) is 20.4. The first-order valence-corrected chi connectivity index (χ1v) is 10.0. The molecule has 148 valence electrons. The van der Waals surface area contributed by atoms with E-state index in [4.69, 9.17) is 11.6 Å². The van der Waals surface area contributed by atoms with Crippen molar-refractivity contribution in [1.29, 1.82) is 0 Å². The predicted octanol–water partition coefficient (Wildman–Crippen LogP) is 5.94. The van der Waals surface area contributed by atoms with E-state index in [1.165, 1.54) is 6.07 Å². The van der Waals surface area contributed by atoms with Crippen LogP contribution in [0.1, 0.15) is 5.56 Å². The van der Waals surface area contributed by atoms with E-state index in [2.05, 4.69) is 20.2 Å². The molecule has 0 aliphatic heterocycles. The molecule has 0 fully saturated rings. The summed E-state index contributed by atoms with van der Waals surface area (Å²) in [5, 5.41) is 19.6. The first kappa shape index (κ1) is 19.8. The first-order chi connectivity index (χ1) is 14.6. The predicted molar refractivity (Wildman–Crippen MR) is 118 cm³/mol. The third-order valence-corrected chi connectivity index (χ3v) is 5.26. The van der Waals surface area contributed by atoms with Gasteiger partial charge in [-0.15, -0.1) is 5.10 Å². The number of hydrogen-bond donors (Lipinski definition) is 1. The lowest BCUT2D eigenvalue weighted by Crippen LogP contribution is -1.93. The average molecular weight is 436 g/mol. The van der Waals surface area contributed by atoms with Crippen molar-refractivity contribution in [3.8, 4) is 11.4 Å². The van der Waals surface area contributed by atoms with Crippen molar-refractivity contribution in [2.45, 2.75) is 10.1 Å². The van der Waals surface area contributed by atoms with Crippen LogP contribution in [0, 0.1) is 10.1 Å². The van der Waals surface area contributed by atoms with Crippen LogP contribution in [0.2, 0.25) is 5.02 Å². The number of benzene rings is 3. The van der Waals surface area contributed by atoms with Gasteiger partial charge < -0.3 is 0 Å².